The Kier molecular flexibility index (Phi) is 11.0. The molecule has 3 rings (SSSR count). The van der Waals surface area contributed by atoms with Crippen LogP contribution < -0.4 is 9.62 Å². The van der Waals surface area contributed by atoms with Crippen molar-refractivity contribution in [1.82, 2.24) is 10.2 Å². The molecule has 3 aromatic carbocycles. The summed E-state index contributed by atoms with van der Waals surface area (Å²) in [4.78, 5) is 39.7. The smallest absolute Gasteiger partial charge is 0.271 e. The fourth-order valence-corrected chi connectivity index (χ4v) is 5.47. The predicted molar refractivity (Wildman–Crippen MR) is 162 cm³/mol. The number of nitrogens with zero attached hydrogens (tertiary/aromatic N) is 3. The molecular formula is C29H33BrN4O6S. The number of nitrogens with one attached hydrogen (secondary N) is 1. The molecule has 0 fully saturated rings. The van der Waals surface area contributed by atoms with Crippen molar-refractivity contribution in [2.75, 3.05) is 23.7 Å². The lowest BCUT2D eigenvalue weighted by atomic mass is 10.0. The Bertz CT molecular complexity index is 1480. The largest absolute Gasteiger partial charge is 0.354 e. The van der Waals surface area contributed by atoms with Gasteiger partial charge in [0.25, 0.3) is 5.69 Å². The normalized spacial score (nSPS) is 12.0. The molecule has 0 radical (unpaired) electrons. The Morgan fingerprint density at radius 3 is 2.24 bits per heavy atom. The fraction of sp³-hybridized carbons (Fsp3) is 0.310. The van der Waals surface area contributed by atoms with Crippen LogP contribution in [-0.4, -0.2) is 55.4 Å². The van der Waals surface area contributed by atoms with E-state index in [9.17, 15) is 28.1 Å². The second-order valence-corrected chi connectivity index (χ2v) is 12.9. The van der Waals surface area contributed by atoms with E-state index in [1.807, 2.05) is 62.4 Å². The lowest BCUT2D eigenvalue weighted by Crippen LogP contribution is -2.53. The monoisotopic (exact) mass is 644 g/mol. The minimum Gasteiger partial charge on any atom is -0.354 e. The summed E-state index contributed by atoms with van der Waals surface area (Å²) in [6, 6.07) is 20.6. The Morgan fingerprint density at radius 2 is 1.63 bits per heavy atom. The molecule has 1 N–H and O–H groups in total. The molecule has 3 aromatic rings. The summed E-state index contributed by atoms with van der Waals surface area (Å²) in [7, 11) is -4.04. The number of hydrogen-bond acceptors (Lipinski definition) is 6. The highest BCUT2D eigenvalue weighted by molar-refractivity contribution is 9.10. The number of nitro groups is 1. The SMILES string of the molecule is CC(C)CNC(=O)[C@@H](Cc1ccccc1)N(Cc1cccc(Br)c1)C(=O)CN(c1cccc([N+](=O)[O-])c1)S(C)(=O)=O. The Labute approximate surface area is 248 Å². The number of non-ortho nitro benzene ring substituents is 1. The lowest BCUT2D eigenvalue weighted by Gasteiger charge is -2.33. The van der Waals surface area contributed by atoms with E-state index in [-0.39, 0.29) is 36.2 Å². The molecule has 0 saturated carbocycles. The number of nitro benzene ring substituents is 1. The first-order valence-corrected chi connectivity index (χ1v) is 15.6. The summed E-state index contributed by atoms with van der Waals surface area (Å²) in [6.07, 6.45) is 1.12. The van der Waals surface area contributed by atoms with Gasteiger partial charge in [0, 0.05) is 36.1 Å². The van der Waals surface area contributed by atoms with Crippen LogP contribution in [-0.2, 0) is 32.6 Å². The van der Waals surface area contributed by atoms with E-state index in [1.165, 1.54) is 23.1 Å². The Hall–Kier alpha value is -3.77. The van der Waals surface area contributed by atoms with Crippen molar-refractivity contribution in [1.29, 1.82) is 0 Å². The molecular weight excluding hydrogens is 612 g/mol. The predicted octanol–water partition coefficient (Wildman–Crippen LogP) is 4.54. The van der Waals surface area contributed by atoms with Crippen molar-refractivity contribution in [3.63, 3.8) is 0 Å². The zero-order valence-corrected chi connectivity index (χ0v) is 25.5. The van der Waals surface area contributed by atoms with E-state index >= 15 is 0 Å². The zero-order chi connectivity index (χ0) is 30.2. The highest BCUT2D eigenvalue weighted by Gasteiger charge is 2.33. The molecule has 0 saturated heterocycles. The summed E-state index contributed by atoms with van der Waals surface area (Å²) in [5.74, 6) is -0.838. The lowest BCUT2D eigenvalue weighted by molar-refractivity contribution is -0.384. The number of carbonyl (C=O) groups is 2. The van der Waals surface area contributed by atoms with Gasteiger partial charge in [-0.1, -0.05) is 78.3 Å². The summed E-state index contributed by atoms with van der Waals surface area (Å²) in [6.45, 7) is 3.68. The third kappa shape index (κ3) is 9.39. The van der Waals surface area contributed by atoms with Gasteiger partial charge in [-0.15, -0.1) is 0 Å². The molecule has 12 heteroatoms. The summed E-state index contributed by atoms with van der Waals surface area (Å²) < 4.78 is 27.3. The first kappa shape index (κ1) is 31.8. The third-order valence-electron chi connectivity index (χ3n) is 6.21. The van der Waals surface area contributed by atoms with Crippen LogP contribution in [0.15, 0.2) is 83.3 Å². The quantitative estimate of drug-likeness (QED) is 0.215. The maximum atomic E-state index is 14.1. The molecule has 218 valence electrons. The van der Waals surface area contributed by atoms with Gasteiger partial charge >= 0.3 is 0 Å². The van der Waals surface area contributed by atoms with E-state index in [1.54, 1.807) is 6.07 Å². The van der Waals surface area contributed by atoms with Crippen LogP contribution in [0.2, 0.25) is 0 Å². The van der Waals surface area contributed by atoms with Crippen molar-refractivity contribution in [2.24, 2.45) is 5.92 Å². The van der Waals surface area contributed by atoms with Gasteiger partial charge in [-0.2, -0.15) is 0 Å². The number of benzene rings is 3. The van der Waals surface area contributed by atoms with Crippen LogP contribution in [0.4, 0.5) is 11.4 Å². The van der Waals surface area contributed by atoms with Crippen molar-refractivity contribution in [3.05, 3.63) is 105 Å². The molecule has 0 unspecified atom stereocenters. The van der Waals surface area contributed by atoms with Crippen molar-refractivity contribution < 1.29 is 22.9 Å². The van der Waals surface area contributed by atoms with Crippen molar-refractivity contribution in [3.8, 4) is 0 Å². The van der Waals surface area contributed by atoms with Crippen molar-refractivity contribution >= 4 is 49.1 Å². The molecule has 10 nitrogen and oxygen atoms in total. The third-order valence-corrected chi connectivity index (χ3v) is 7.84. The minimum atomic E-state index is -4.04. The number of hydrogen-bond donors (Lipinski definition) is 1. The number of rotatable bonds is 13. The van der Waals surface area contributed by atoms with Gasteiger partial charge in [0.15, 0.2) is 0 Å². The molecule has 0 aromatic heterocycles. The van der Waals surface area contributed by atoms with Crippen LogP contribution in [0, 0.1) is 16.0 Å². The number of anilines is 1. The fourth-order valence-electron chi connectivity index (χ4n) is 4.18. The van der Waals surface area contributed by atoms with Crippen LogP contribution in [0.1, 0.15) is 25.0 Å². The second kappa shape index (κ2) is 14.2. The number of carbonyl (C=O) groups excluding carboxylic acids is 2. The average Bonchev–Trinajstić information content (AvgIpc) is 2.92. The van der Waals surface area contributed by atoms with E-state index in [0.29, 0.717) is 6.54 Å². The number of amides is 2. The summed E-state index contributed by atoms with van der Waals surface area (Å²) >= 11 is 3.44. The van der Waals surface area contributed by atoms with E-state index in [4.69, 9.17) is 0 Å². The van der Waals surface area contributed by atoms with Gasteiger partial charge in [-0.05, 0) is 35.2 Å². The molecule has 1 atom stereocenters. The minimum absolute atomic E-state index is 0.0252. The van der Waals surface area contributed by atoms with Crippen LogP contribution in [0.25, 0.3) is 0 Å². The molecule has 0 aliphatic carbocycles. The maximum absolute atomic E-state index is 14.1. The van der Waals surface area contributed by atoms with E-state index in [0.717, 1.165) is 32.2 Å². The van der Waals surface area contributed by atoms with Crippen molar-refractivity contribution in [2.45, 2.75) is 32.9 Å². The van der Waals surface area contributed by atoms with Gasteiger partial charge < -0.3 is 10.2 Å². The first-order chi connectivity index (χ1) is 19.3. The summed E-state index contributed by atoms with van der Waals surface area (Å²) in [5, 5.41) is 14.3. The van der Waals surface area contributed by atoms with Crippen LogP contribution in [0.3, 0.4) is 0 Å². The van der Waals surface area contributed by atoms with E-state index < -0.39 is 33.4 Å². The molecule has 2 amide bonds. The Morgan fingerprint density at radius 1 is 0.976 bits per heavy atom. The highest BCUT2D eigenvalue weighted by atomic mass is 79.9. The van der Waals surface area contributed by atoms with Gasteiger partial charge in [-0.25, -0.2) is 8.42 Å². The molecule has 0 aliphatic rings. The van der Waals surface area contributed by atoms with Gasteiger partial charge in [0.1, 0.15) is 12.6 Å². The number of sulfonamides is 1. The Balaban J connectivity index is 2.07. The average molecular weight is 646 g/mol. The second-order valence-electron chi connectivity index (χ2n) is 10.0. The van der Waals surface area contributed by atoms with Gasteiger partial charge in [0.2, 0.25) is 21.8 Å². The summed E-state index contributed by atoms with van der Waals surface area (Å²) in [5.41, 5.74) is 1.21. The maximum Gasteiger partial charge on any atom is 0.271 e. The van der Waals surface area contributed by atoms with Crippen LogP contribution >= 0.6 is 15.9 Å². The molecule has 0 heterocycles. The molecule has 0 bridgehead atoms. The van der Waals surface area contributed by atoms with Gasteiger partial charge in [0.05, 0.1) is 16.9 Å². The molecule has 0 aliphatic heterocycles. The zero-order valence-electron chi connectivity index (χ0n) is 23.1. The molecule has 0 spiro atoms. The van der Waals surface area contributed by atoms with E-state index in [2.05, 4.69) is 21.2 Å². The first-order valence-electron chi connectivity index (χ1n) is 12.9. The standard InChI is InChI=1S/C29H33BrN4O6S/c1-21(2)18-31-29(36)27(16-22-9-5-4-6-10-22)32(19-23-11-7-12-24(30)15-23)28(35)20-33(41(3,39)40)25-13-8-14-26(17-25)34(37)38/h4-15,17,21,27H,16,18-20H2,1-3H3,(H,31,36)/t27-/m1/s1. The number of halogens is 1. The van der Waals surface area contributed by atoms with Gasteiger partial charge in [-0.3, -0.25) is 24.0 Å². The van der Waals surface area contributed by atoms with Crippen LogP contribution in [0.5, 0.6) is 0 Å². The highest BCUT2D eigenvalue weighted by Crippen LogP contribution is 2.24. The topological polar surface area (TPSA) is 130 Å². The molecule has 41 heavy (non-hydrogen) atoms.